The van der Waals surface area contributed by atoms with Crippen LogP contribution in [0, 0.1) is 12.7 Å². The number of pyridine rings is 1. The fraction of sp³-hybridized carbons (Fsp3) is 0.243. The molecule has 3 aromatic heterocycles. The van der Waals surface area contributed by atoms with Crippen LogP contribution >= 0.6 is 0 Å². The maximum Gasteiger partial charge on any atom is 0.125 e. The van der Waals surface area contributed by atoms with Gasteiger partial charge in [-0.1, -0.05) is 51.3 Å². The van der Waals surface area contributed by atoms with Crippen molar-refractivity contribution in [2.45, 2.75) is 33.6 Å². The summed E-state index contributed by atoms with van der Waals surface area (Å²) in [5.74, 6) is -0.306. The molecule has 3 heterocycles. The number of hydrogen-bond donors (Lipinski definition) is 4. The third-order valence-corrected chi connectivity index (χ3v) is 7.40. The molecule has 4 N–H and O–H groups in total. The van der Waals surface area contributed by atoms with Crippen LogP contribution in [0.4, 0.5) is 10.1 Å². The number of anilines is 1. The predicted octanol–water partition coefficient (Wildman–Crippen LogP) is 8.37. The lowest BCUT2D eigenvalue weighted by atomic mass is 9.96. The molecule has 4 aromatic rings. The molecular weight excluding hydrogens is 561 g/mol. The van der Waals surface area contributed by atoms with E-state index in [-0.39, 0.29) is 5.82 Å². The molecule has 0 aliphatic heterocycles. The monoisotopic (exact) mass is 605 g/mol. The van der Waals surface area contributed by atoms with Crippen LogP contribution in [-0.4, -0.2) is 52.3 Å². The van der Waals surface area contributed by atoms with Crippen molar-refractivity contribution < 1.29 is 4.39 Å². The fourth-order valence-electron chi connectivity index (χ4n) is 5.16. The van der Waals surface area contributed by atoms with Crippen molar-refractivity contribution >= 4 is 27.7 Å². The number of aryl methyl sites for hydroxylation is 1. The lowest BCUT2D eigenvalue weighted by Crippen LogP contribution is -2.20. The van der Waals surface area contributed by atoms with Gasteiger partial charge in [0, 0.05) is 46.8 Å². The molecule has 0 bridgehead atoms. The van der Waals surface area contributed by atoms with Crippen molar-refractivity contribution in [2.24, 2.45) is 0 Å². The van der Waals surface area contributed by atoms with Gasteiger partial charge in [-0.3, -0.25) is 10.1 Å². The Bertz CT molecular complexity index is 1780. The minimum absolute atomic E-state index is 0.306. The highest BCUT2D eigenvalue weighted by atomic mass is 19.1. The van der Waals surface area contributed by atoms with Gasteiger partial charge in [-0.2, -0.15) is 5.10 Å². The molecule has 234 valence electrons. The summed E-state index contributed by atoms with van der Waals surface area (Å²) in [5, 5.41) is 15.4. The number of aromatic amines is 2. The SMILES string of the molecule is C=C/C=C(/c1cc(F)cc(NCCN(C)C)c1)c1cc(-c2n[nH]c3cnc(C(/C=C(\C=C)NC(=C)CCC)=C/C)cc23)[nH]c1C. The van der Waals surface area contributed by atoms with Crippen molar-refractivity contribution in [3.63, 3.8) is 0 Å². The second kappa shape index (κ2) is 15.2. The van der Waals surface area contributed by atoms with Crippen LogP contribution in [0.15, 0.2) is 98.0 Å². The zero-order valence-electron chi connectivity index (χ0n) is 27.0. The van der Waals surface area contributed by atoms with E-state index in [1.807, 2.05) is 58.3 Å². The second-order valence-electron chi connectivity index (χ2n) is 11.2. The van der Waals surface area contributed by atoms with Crippen molar-refractivity contribution in [3.8, 4) is 11.4 Å². The lowest BCUT2D eigenvalue weighted by Gasteiger charge is -2.14. The van der Waals surface area contributed by atoms with E-state index in [1.165, 1.54) is 6.07 Å². The lowest BCUT2D eigenvalue weighted by molar-refractivity contribution is 0.425. The standard InChI is InChI=1S/C37H44FN7/c1-9-13-24(5)41-29(12-4)18-26(11-3)34-22-33-36(23-40-34)43-44-37(33)35-21-32(25(6)42-35)31(14-10-2)27-17-28(38)20-30(19-27)39-15-16-45(7)8/h10-12,14,17-23,39,41-42H,2,4-5,9,13,15-16H2,1,3,6-8H3,(H,43,44)/b26-11+,29-18+,31-14-. The summed E-state index contributed by atoms with van der Waals surface area (Å²) in [6.45, 7) is 19.7. The molecule has 0 amide bonds. The van der Waals surface area contributed by atoms with E-state index < -0.39 is 0 Å². The number of halogens is 1. The van der Waals surface area contributed by atoms with Gasteiger partial charge < -0.3 is 20.5 Å². The van der Waals surface area contributed by atoms with Crippen molar-refractivity contribution in [3.05, 3.63) is 126 Å². The zero-order chi connectivity index (χ0) is 32.5. The van der Waals surface area contributed by atoms with Gasteiger partial charge in [0.25, 0.3) is 0 Å². The highest BCUT2D eigenvalue weighted by Crippen LogP contribution is 2.34. The number of hydrogen-bond acceptors (Lipinski definition) is 5. The summed E-state index contributed by atoms with van der Waals surface area (Å²) >= 11 is 0. The summed E-state index contributed by atoms with van der Waals surface area (Å²) in [4.78, 5) is 10.3. The maximum absolute atomic E-state index is 14.8. The summed E-state index contributed by atoms with van der Waals surface area (Å²) < 4.78 is 14.8. The number of nitrogens with one attached hydrogen (secondary N) is 4. The number of fused-ring (bicyclic) bond motifs is 1. The predicted molar refractivity (Wildman–Crippen MR) is 188 cm³/mol. The van der Waals surface area contributed by atoms with Gasteiger partial charge in [0.1, 0.15) is 11.5 Å². The van der Waals surface area contributed by atoms with Crippen molar-refractivity contribution in [1.29, 1.82) is 0 Å². The largest absolute Gasteiger partial charge is 0.384 e. The Balaban J connectivity index is 1.71. The fourth-order valence-corrected chi connectivity index (χ4v) is 5.16. The Labute approximate surface area is 266 Å². The first-order valence-electron chi connectivity index (χ1n) is 15.2. The van der Waals surface area contributed by atoms with Gasteiger partial charge in [0.15, 0.2) is 0 Å². The zero-order valence-corrected chi connectivity index (χ0v) is 27.0. The number of nitrogens with zero attached hydrogens (tertiary/aromatic N) is 3. The average molecular weight is 606 g/mol. The Morgan fingerprint density at radius 2 is 1.93 bits per heavy atom. The molecular formula is C37H44FN7. The van der Waals surface area contributed by atoms with E-state index in [2.05, 4.69) is 63.4 Å². The van der Waals surface area contributed by atoms with Crippen LogP contribution in [0.1, 0.15) is 49.2 Å². The average Bonchev–Trinajstić information content (AvgIpc) is 3.60. The molecule has 8 heteroatoms. The summed E-state index contributed by atoms with van der Waals surface area (Å²) in [5.41, 5.74) is 10.2. The number of H-pyrrole nitrogens is 2. The minimum atomic E-state index is -0.306. The number of likely N-dealkylation sites (N-methyl/N-ethyl adjacent to an activating group) is 1. The third kappa shape index (κ3) is 8.16. The van der Waals surface area contributed by atoms with Crippen molar-refractivity contribution in [1.82, 2.24) is 30.4 Å². The number of benzene rings is 1. The van der Waals surface area contributed by atoms with Gasteiger partial charge >= 0.3 is 0 Å². The highest BCUT2D eigenvalue weighted by Gasteiger charge is 2.18. The van der Waals surface area contributed by atoms with E-state index in [0.717, 1.165) is 92.4 Å². The summed E-state index contributed by atoms with van der Waals surface area (Å²) in [6.07, 6.45) is 13.2. The van der Waals surface area contributed by atoms with Gasteiger partial charge in [-0.05, 0) is 93.6 Å². The van der Waals surface area contributed by atoms with Crippen LogP contribution in [0.25, 0.3) is 33.4 Å². The van der Waals surface area contributed by atoms with E-state index in [9.17, 15) is 4.39 Å². The first kappa shape index (κ1) is 33.0. The Morgan fingerprint density at radius 1 is 1.13 bits per heavy atom. The first-order chi connectivity index (χ1) is 21.7. The van der Waals surface area contributed by atoms with Gasteiger partial charge in [0.05, 0.1) is 23.1 Å². The second-order valence-corrected chi connectivity index (χ2v) is 11.2. The van der Waals surface area contributed by atoms with E-state index in [1.54, 1.807) is 24.4 Å². The van der Waals surface area contributed by atoms with E-state index >= 15 is 0 Å². The third-order valence-electron chi connectivity index (χ3n) is 7.40. The molecule has 0 spiro atoms. The summed E-state index contributed by atoms with van der Waals surface area (Å²) in [7, 11) is 4.02. The maximum atomic E-state index is 14.8. The van der Waals surface area contributed by atoms with Gasteiger partial charge in [-0.25, -0.2) is 4.39 Å². The smallest absolute Gasteiger partial charge is 0.125 e. The molecule has 0 unspecified atom stereocenters. The van der Waals surface area contributed by atoms with Crippen LogP contribution in [0.5, 0.6) is 0 Å². The molecule has 0 fully saturated rings. The van der Waals surface area contributed by atoms with Crippen molar-refractivity contribution in [2.75, 3.05) is 32.5 Å². The number of rotatable bonds is 15. The number of aromatic nitrogens is 4. The van der Waals surface area contributed by atoms with Gasteiger partial charge in [-0.15, -0.1) is 0 Å². The molecule has 1 aromatic carbocycles. The number of allylic oxidation sites excluding steroid dienone is 7. The molecule has 0 aliphatic rings. The molecule has 0 aliphatic carbocycles. The van der Waals surface area contributed by atoms with Crippen LogP contribution in [-0.2, 0) is 0 Å². The van der Waals surface area contributed by atoms with E-state index in [4.69, 9.17) is 4.98 Å². The molecule has 7 nitrogen and oxygen atoms in total. The summed E-state index contributed by atoms with van der Waals surface area (Å²) in [6, 6.07) is 9.14. The van der Waals surface area contributed by atoms with Crippen LogP contribution in [0.3, 0.4) is 0 Å². The topological polar surface area (TPSA) is 84.7 Å². The first-order valence-corrected chi connectivity index (χ1v) is 15.2. The highest BCUT2D eigenvalue weighted by molar-refractivity contribution is 5.95. The van der Waals surface area contributed by atoms with E-state index in [0.29, 0.717) is 6.54 Å². The molecule has 0 saturated carbocycles. The normalized spacial score (nSPS) is 12.6. The molecule has 0 radical (unpaired) electrons. The molecule has 45 heavy (non-hydrogen) atoms. The minimum Gasteiger partial charge on any atom is -0.384 e. The van der Waals surface area contributed by atoms with Crippen LogP contribution < -0.4 is 10.6 Å². The van der Waals surface area contributed by atoms with Gasteiger partial charge in [0.2, 0.25) is 0 Å². The Kier molecular flexibility index (Phi) is 11.1. The molecule has 0 atom stereocenters. The Hall–Kier alpha value is -4.95. The Morgan fingerprint density at radius 3 is 2.62 bits per heavy atom. The molecule has 4 rings (SSSR count). The molecule has 0 saturated heterocycles. The van der Waals surface area contributed by atoms with Crippen LogP contribution in [0.2, 0.25) is 0 Å². The quantitative estimate of drug-likeness (QED) is 0.102.